The van der Waals surface area contributed by atoms with Crippen LogP contribution in [0.4, 0.5) is 10.1 Å². The molecule has 0 spiro atoms. The van der Waals surface area contributed by atoms with Crippen LogP contribution in [-0.4, -0.2) is 33.8 Å². The molecule has 0 heterocycles. The van der Waals surface area contributed by atoms with Crippen molar-refractivity contribution in [1.82, 2.24) is 0 Å². The number of anilines is 1. The molecule has 2 aromatic carbocycles. The van der Waals surface area contributed by atoms with Gasteiger partial charge in [-0.2, -0.15) is 0 Å². The Balaban J connectivity index is 2.00. The molecule has 0 atom stereocenters. The zero-order chi connectivity index (χ0) is 18.2. The van der Waals surface area contributed by atoms with Crippen molar-refractivity contribution in [2.45, 2.75) is 6.42 Å². The smallest absolute Gasteiger partial charge is 0.193 e. The Morgan fingerprint density at radius 1 is 1.04 bits per heavy atom. The van der Waals surface area contributed by atoms with Crippen LogP contribution >= 0.6 is 0 Å². The van der Waals surface area contributed by atoms with E-state index in [1.807, 2.05) is 0 Å². The van der Waals surface area contributed by atoms with Gasteiger partial charge >= 0.3 is 0 Å². The van der Waals surface area contributed by atoms with Crippen LogP contribution in [0, 0.1) is 5.82 Å². The van der Waals surface area contributed by atoms with Gasteiger partial charge in [0.15, 0.2) is 17.5 Å². The first kappa shape index (κ1) is 18.4. The van der Waals surface area contributed by atoms with Crippen LogP contribution in [0.3, 0.4) is 0 Å². The van der Waals surface area contributed by atoms with Gasteiger partial charge in [-0.25, -0.2) is 4.39 Å². The van der Waals surface area contributed by atoms with Gasteiger partial charge in [0.05, 0.1) is 27.0 Å². The molecule has 0 bridgehead atoms. The number of hydrogen-bond acceptors (Lipinski definition) is 4. The maximum Gasteiger partial charge on any atom is 0.193 e. The van der Waals surface area contributed by atoms with E-state index in [1.54, 1.807) is 44.6 Å². The van der Waals surface area contributed by atoms with Crippen LogP contribution < -0.4 is 25.3 Å². The van der Waals surface area contributed by atoms with E-state index in [4.69, 9.17) is 19.9 Å². The van der Waals surface area contributed by atoms with Crippen molar-refractivity contribution in [3.8, 4) is 17.2 Å². The van der Waals surface area contributed by atoms with Gasteiger partial charge in [0.1, 0.15) is 11.5 Å². The molecule has 0 radical (unpaired) electrons. The standard InChI is InChI=1S/C18H22FN3O3/c1-23-13-5-7-16(24-2)15(11-13)22-18(20)21-9-8-12-4-6-14(19)17(10-12)25-3/h4-7,10-11H,8-9H2,1-3H3,(H3,20,21,22). The minimum atomic E-state index is -0.388. The first-order chi connectivity index (χ1) is 12.1. The lowest BCUT2D eigenvalue weighted by Gasteiger charge is -2.12. The van der Waals surface area contributed by atoms with Crippen LogP contribution in [0.1, 0.15) is 5.56 Å². The summed E-state index contributed by atoms with van der Waals surface area (Å²) in [6, 6.07) is 10.1. The molecular formula is C18H22FN3O3. The molecule has 134 valence electrons. The van der Waals surface area contributed by atoms with E-state index in [1.165, 1.54) is 13.2 Å². The highest BCUT2D eigenvalue weighted by molar-refractivity contribution is 5.94. The van der Waals surface area contributed by atoms with Crippen LogP contribution in [0.2, 0.25) is 0 Å². The van der Waals surface area contributed by atoms with Crippen LogP contribution in [0.15, 0.2) is 41.4 Å². The fourth-order valence-corrected chi connectivity index (χ4v) is 2.25. The Morgan fingerprint density at radius 2 is 1.80 bits per heavy atom. The Morgan fingerprint density at radius 3 is 2.48 bits per heavy atom. The minimum Gasteiger partial charge on any atom is -0.497 e. The summed E-state index contributed by atoms with van der Waals surface area (Å²) < 4.78 is 28.8. The summed E-state index contributed by atoms with van der Waals surface area (Å²) in [4.78, 5) is 4.28. The van der Waals surface area contributed by atoms with Gasteiger partial charge in [0.25, 0.3) is 0 Å². The van der Waals surface area contributed by atoms with E-state index in [9.17, 15) is 4.39 Å². The van der Waals surface area contributed by atoms with Crippen molar-refractivity contribution in [2.24, 2.45) is 10.7 Å². The third kappa shape index (κ3) is 5.00. The molecule has 0 unspecified atom stereocenters. The normalized spacial score (nSPS) is 11.1. The molecule has 0 saturated carbocycles. The van der Waals surface area contributed by atoms with E-state index in [-0.39, 0.29) is 17.5 Å². The third-order valence-electron chi connectivity index (χ3n) is 3.57. The average molecular weight is 347 g/mol. The number of nitrogens with one attached hydrogen (secondary N) is 1. The Hall–Kier alpha value is -2.96. The molecule has 0 saturated heterocycles. The van der Waals surface area contributed by atoms with Crippen LogP contribution in [0.5, 0.6) is 17.2 Å². The number of guanidine groups is 1. The molecule has 0 aromatic heterocycles. The molecule has 0 aliphatic rings. The fourth-order valence-electron chi connectivity index (χ4n) is 2.25. The van der Waals surface area contributed by atoms with Crippen molar-refractivity contribution in [3.63, 3.8) is 0 Å². The Labute approximate surface area is 146 Å². The lowest BCUT2D eigenvalue weighted by molar-refractivity contribution is 0.386. The number of nitrogens with two attached hydrogens (primary N) is 1. The summed E-state index contributed by atoms with van der Waals surface area (Å²) >= 11 is 0. The van der Waals surface area contributed by atoms with E-state index in [2.05, 4.69) is 10.3 Å². The van der Waals surface area contributed by atoms with Crippen molar-refractivity contribution >= 4 is 11.6 Å². The summed E-state index contributed by atoms with van der Waals surface area (Å²) in [6.45, 7) is 0.444. The van der Waals surface area contributed by atoms with Gasteiger partial charge < -0.3 is 25.3 Å². The summed E-state index contributed by atoms with van der Waals surface area (Å²) in [5.41, 5.74) is 7.49. The first-order valence-electron chi connectivity index (χ1n) is 7.68. The van der Waals surface area contributed by atoms with Gasteiger partial charge in [-0.1, -0.05) is 6.07 Å². The summed E-state index contributed by atoms with van der Waals surface area (Å²) in [5, 5.41) is 2.99. The molecule has 0 aliphatic carbocycles. The molecule has 3 N–H and O–H groups in total. The number of aliphatic imine (C=N–C) groups is 1. The van der Waals surface area contributed by atoms with Gasteiger partial charge in [0, 0.05) is 12.6 Å². The molecule has 0 aliphatic heterocycles. The second-order valence-electron chi connectivity index (χ2n) is 5.18. The molecular weight excluding hydrogens is 325 g/mol. The zero-order valence-corrected chi connectivity index (χ0v) is 14.5. The molecule has 7 heteroatoms. The molecule has 0 amide bonds. The highest BCUT2D eigenvalue weighted by atomic mass is 19.1. The lowest BCUT2D eigenvalue weighted by Crippen LogP contribution is -2.23. The van der Waals surface area contributed by atoms with E-state index >= 15 is 0 Å². The van der Waals surface area contributed by atoms with Crippen molar-refractivity contribution < 1.29 is 18.6 Å². The second-order valence-corrected chi connectivity index (χ2v) is 5.18. The SMILES string of the molecule is COc1ccc(OC)c(NC(N)=NCCc2ccc(F)c(OC)c2)c1. The topological polar surface area (TPSA) is 78.1 Å². The summed E-state index contributed by atoms with van der Waals surface area (Å²) in [7, 11) is 4.59. The highest BCUT2D eigenvalue weighted by Gasteiger charge is 2.06. The lowest BCUT2D eigenvalue weighted by atomic mass is 10.1. The number of benzene rings is 2. The minimum absolute atomic E-state index is 0.216. The van der Waals surface area contributed by atoms with Crippen molar-refractivity contribution in [1.29, 1.82) is 0 Å². The van der Waals surface area contributed by atoms with Crippen molar-refractivity contribution in [3.05, 3.63) is 47.8 Å². The fraction of sp³-hybridized carbons (Fsp3) is 0.278. The largest absolute Gasteiger partial charge is 0.497 e. The van der Waals surface area contributed by atoms with Crippen LogP contribution in [0.25, 0.3) is 0 Å². The highest BCUT2D eigenvalue weighted by Crippen LogP contribution is 2.28. The zero-order valence-electron chi connectivity index (χ0n) is 14.5. The maximum absolute atomic E-state index is 13.4. The monoisotopic (exact) mass is 347 g/mol. The third-order valence-corrected chi connectivity index (χ3v) is 3.57. The molecule has 2 rings (SSSR count). The second kappa shape index (κ2) is 8.77. The Kier molecular flexibility index (Phi) is 6.45. The number of halogens is 1. The number of ether oxygens (including phenoxy) is 3. The van der Waals surface area contributed by atoms with Gasteiger partial charge in [-0.05, 0) is 36.2 Å². The number of hydrogen-bond donors (Lipinski definition) is 2. The summed E-state index contributed by atoms with van der Waals surface area (Å²) in [6.07, 6.45) is 0.605. The van der Waals surface area contributed by atoms with Gasteiger partial charge in [-0.15, -0.1) is 0 Å². The van der Waals surface area contributed by atoms with E-state index < -0.39 is 0 Å². The predicted octanol–water partition coefficient (Wildman–Crippen LogP) is 2.82. The maximum atomic E-state index is 13.4. The molecule has 25 heavy (non-hydrogen) atoms. The number of rotatable bonds is 7. The molecule has 0 fully saturated rings. The average Bonchev–Trinajstić information content (AvgIpc) is 2.63. The van der Waals surface area contributed by atoms with Gasteiger partial charge in [-0.3, -0.25) is 4.99 Å². The first-order valence-corrected chi connectivity index (χ1v) is 7.68. The van der Waals surface area contributed by atoms with Crippen molar-refractivity contribution in [2.75, 3.05) is 33.2 Å². The van der Waals surface area contributed by atoms with E-state index in [0.717, 1.165) is 5.56 Å². The Bertz CT molecular complexity index is 750. The van der Waals surface area contributed by atoms with Crippen LogP contribution in [-0.2, 0) is 6.42 Å². The quantitative estimate of drug-likeness (QED) is 0.595. The van der Waals surface area contributed by atoms with Gasteiger partial charge in [0.2, 0.25) is 0 Å². The summed E-state index contributed by atoms with van der Waals surface area (Å²) in [5.74, 6) is 1.38. The number of nitrogens with zero attached hydrogens (tertiary/aromatic N) is 1. The van der Waals surface area contributed by atoms with E-state index in [0.29, 0.717) is 30.2 Å². The number of methoxy groups -OCH3 is 3. The molecule has 6 nitrogen and oxygen atoms in total. The molecule has 2 aromatic rings. The predicted molar refractivity (Wildman–Crippen MR) is 96.3 cm³/mol.